The predicted molar refractivity (Wildman–Crippen MR) is 62.9 cm³/mol. The minimum absolute atomic E-state index is 0.323. The van der Waals surface area contributed by atoms with E-state index < -0.39 is 10.8 Å². The van der Waals surface area contributed by atoms with Crippen LogP contribution >= 0.6 is 0 Å². The molecule has 0 amide bonds. The second-order valence-corrected chi connectivity index (χ2v) is 4.97. The Bertz CT molecular complexity index is 371. The quantitative estimate of drug-likeness (QED) is 0.818. The van der Waals surface area contributed by atoms with Crippen molar-refractivity contribution in [3.63, 3.8) is 0 Å². The highest BCUT2D eigenvalue weighted by Gasteiger charge is 2.07. The molecule has 1 aromatic carbocycles. The van der Waals surface area contributed by atoms with E-state index in [1.54, 1.807) is 13.2 Å². The number of rotatable bonds is 6. The zero-order valence-corrected chi connectivity index (χ0v) is 10.1. The Balaban J connectivity index is 2.71. The Morgan fingerprint density at radius 1 is 1.44 bits per heavy atom. The molecular weight excluding hydrogens is 229 g/mol. The summed E-state index contributed by atoms with van der Waals surface area (Å²) in [5, 5.41) is 0. The van der Waals surface area contributed by atoms with Gasteiger partial charge >= 0.3 is 0 Å². The number of hydrogen-bond acceptors (Lipinski definition) is 3. The van der Waals surface area contributed by atoms with Crippen LogP contribution in [0.15, 0.2) is 18.2 Å². The lowest BCUT2D eigenvalue weighted by Crippen LogP contribution is -2.09. The van der Waals surface area contributed by atoms with Gasteiger partial charge in [-0.2, -0.15) is 0 Å². The molecule has 0 bridgehead atoms. The fraction of sp³-hybridized carbons (Fsp3) is 0.455. The highest BCUT2D eigenvalue weighted by molar-refractivity contribution is 7.84. The van der Waals surface area contributed by atoms with Gasteiger partial charge in [-0.05, 0) is 23.3 Å². The van der Waals surface area contributed by atoms with Crippen molar-refractivity contribution in [1.82, 2.24) is 0 Å². The SMILES string of the molecule is COCCS(=O)Cc1cc(F)ccc1CN. The minimum atomic E-state index is -1.04. The van der Waals surface area contributed by atoms with Gasteiger partial charge in [0.1, 0.15) is 5.82 Å². The maximum atomic E-state index is 13.0. The van der Waals surface area contributed by atoms with Gasteiger partial charge in [-0.1, -0.05) is 6.07 Å². The van der Waals surface area contributed by atoms with Gasteiger partial charge < -0.3 is 10.5 Å². The van der Waals surface area contributed by atoms with Crippen LogP contribution in [-0.4, -0.2) is 23.7 Å². The van der Waals surface area contributed by atoms with Gasteiger partial charge in [0.05, 0.1) is 6.61 Å². The monoisotopic (exact) mass is 245 g/mol. The van der Waals surface area contributed by atoms with Crippen molar-refractivity contribution in [3.05, 3.63) is 35.1 Å². The molecule has 5 heteroatoms. The van der Waals surface area contributed by atoms with Crippen molar-refractivity contribution in [3.8, 4) is 0 Å². The number of benzene rings is 1. The molecule has 0 heterocycles. The summed E-state index contributed by atoms with van der Waals surface area (Å²) in [5.74, 6) is 0.459. The van der Waals surface area contributed by atoms with Crippen molar-refractivity contribution >= 4 is 10.8 Å². The van der Waals surface area contributed by atoms with Gasteiger partial charge in [-0.3, -0.25) is 4.21 Å². The van der Waals surface area contributed by atoms with Crippen molar-refractivity contribution in [2.75, 3.05) is 19.5 Å². The maximum absolute atomic E-state index is 13.0. The molecule has 0 fully saturated rings. The van der Waals surface area contributed by atoms with Crippen LogP contribution in [0.5, 0.6) is 0 Å². The molecule has 0 aromatic heterocycles. The van der Waals surface area contributed by atoms with Gasteiger partial charge in [0.15, 0.2) is 0 Å². The molecule has 1 unspecified atom stereocenters. The van der Waals surface area contributed by atoms with E-state index in [0.717, 1.165) is 11.1 Å². The maximum Gasteiger partial charge on any atom is 0.123 e. The molecule has 90 valence electrons. The van der Waals surface area contributed by atoms with Gasteiger partial charge in [0.2, 0.25) is 0 Å². The first kappa shape index (κ1) is 13.3. The number of nitrogens with two attached hydrogens (primary N) is 1. The summed E-state index contributed by atoms with van der Waals surface area (Å²) in [6.45, 7) is 0.775. The third-order valence-corrected chi connectivity index (χ3v) is 3.47. The Morgan fingerprint density at radius 3 is 2.81 bits per heavy atom. The molecule has 3 nitrogen and oxygen atoms in total. The van der Waals surface area contributed by atoms with Crippen molar-refractivity contribution < 1.29 is 13.3 Å². The second-order valence-electron chi connectivity index (χ2n) is 3.40. The summed E-state index contributed by atoms with van der Waals surface area (Å²) in [6.07, 6.45) is 0. The van der Waals surface area contributed by atoms with E-state index in [2.05, 4.69) is 0 Å². The van der Waals surface area contributed by atoms with Gasteiger partial charge in [-0.25, -0.2) is 4.39 Å². The largest absolute Gasteiger partial charge is 0.384 e. The highest BCUT2D eigenvalue weighted by atomic mass is 32.2. The number of hydrogen-bond donors (Lipinski definition) is 1. The summed E-state index contributed by atoms with van der Waals surface area (Å²) in [6, 6.07) is 4.40. The molecule has 0 saturated heterocycles. The molecule has 1 atom stereocenters. The lowest BCUT2D eigenvalue weighted by molar-refractivity contribution is 0.218. The second kappa shape index (κ2) is 6.73. The van der Waals surface area contributed by atoms with Crippen LogP contribution < -0.4 is 5.73 Å². The lowest BCUT2D eigenvalue weighted by Gasteiger charge is -2.07. The summed E-state index contributed by atoms with van der Waals surface area (Å²) < 4.78 is 29.5. The van der Waals surface area contributed by atoms with Crippen molar-refractivity contribution in [2.24, 2.45) is 5.73 Å². The molecule has 0 aliphatic carbocycles. The van der Waals surface area contributed by atoms with Crippen molar-refractivity contribution in [2.45, 2.75) is 12.3 Å². The predicted octanol–water partition coefficient (Wildman–Crippen LogP) is 1.18. The molecule has 0 aliphatic heterocycles. The zero-order valence-electron chi connectivity index (χ0n) is 9.24. The molecule has 0 spiro atoms. The first-order valence-corrected chi connectivity index (χ1v) is 6.47. The Kier molecular flexibility index (Phi) is 5.59. The molecule has 0 radical (unpaired) electrons. The van der Waals surface area contributed by atoms with Crippen LogP contribution in [0.1, 0.15) is 11.1 Å². The molecule has 1 rings (SSSR count). The standard InChI is InChI=1S/C11H16FNO2S/c1-15-4-5-16(14)8-10-6-11(12)3-2-9(10)7-13/h2-3,6H,4-5,7-8,13H2,1H3. The lowest BCUT2D eigenvalue weighted by atomic mass is 10.1. The van der Waals surface area contributed by atoms with E-state index in [9.17, 15) is 8.60 Å². The normalized spacial score (nSPS) is 12.7. The Labute approximate surface area is 97.2 Å². The highest BCUT2D eigenvalue weighted by Crippen LogP contribution is 2.13. The topological polar surface area (TPSA) is 52.3 Å². The fourth-order valence-electron chi connectivity index (χ4n) is 1.35. The van der Waals surface area contributed by atoms with Crippen LogP contribution in [0, 0.1) is 5.82 Å². The number of halogens is 1. The Hall–Kier alpha value is -0.780. The van der Waals surface area contributed by atoms with Gasteiger partial charge in [-0.15, -0.1) is 0 Å². The Morgan fingerprint density at radius 2 is 2.19 bits per heavy atom. The third kappa shape index (κ3) is 4.00. The molecular formula is C11H16FNO2S. The average molecular weight is 245 g/mol. The molecule has 2 N–H and O–H groups in total. The van der Waals surface area contributed by atoms with E-state index in [1.165, 1.54) is 12.1 Å². The van der Waals surface area contributed by atoms with Crippen LogP contribution in [0.2, 0.25) is 0 Å². The summed E-state index contributed by atoms with van der Waals surface area (Å²) in [4.78, 5) is 0. The first-order chi connectivity index (χ1) is 7.67. The van der Waals surface area contributed by atoms with Gasteiger partial charge in [0, 0.05) is 36.0 Å². The summed E-state index contributed by atoms with van der Waals surface area (Å²) in [7, 11) is 0.522. The summed E-state index contributed by atoms with van der Waals surface area (Å²) >= 11 is 0. The average Bonchev–Trinajstić information content (AvgIpc) is 2.27. The minimum Gasteiger partial charge on any atom is -0.384 e. The van der Waals surface area contributed by atoms with E-state index in [-0.39, 0.29) is 5.82 Å². The number of methoxy groups -OCH3 is 1. The fourth-order valence-corrected chi connectivity index (χ4v) is 2.46. The zero-order chi connectivity index (χ0) is 12.0. The van der Waals surface area contributed by atoms with E-state index >= 15 is 0 Å². The molecule has 0 aliphatic rings. The first-order valence-electron chi connectivity index (χ1n) is 4.98. The molecule has 16 heavy (non-hydrogen) atoms. The molecule has 0 saturated carbocycles. The van der Waals surface area contributed by atoms with E-state index in [0.29, 0.717) is 24.7 Å². The van der Waals surface area contributed by atoms with Crippen LogP contribution in [0.3, 0.4) is 0 Å². The van der Waals surface area contributed by atoms with Crippen molar-refractivity contribution in [1.29, 1.82) is 0 Å². The van der Waals surface area contributed by atoms with Crippen LogP contribution in [0.25, 0.3) is 0 Å². The third-order valence-electron chi connectivity index (χ3n) is 2.22. The van der Waals surface area contributed by atoms with Crippen LogP contribution in [0.4, 0.5) is 4.39 Å². The number of ether oxygens (including phenoxy) is 1. The summed E-state index contributed by atoms with van der Waals surface area (Å²) in [5.41, 5.74) is 7.09. The van der Waals surface area contributed by atoms with Gasteiger partial charge in [0.25, 0.3) is 0 Å². The van der Waals surface area contributed by atoms with E-state index in [4.69, 9.17) is 10.5 Å². The van der Waals surface area contributed by atoms with Crippen LogP contribution in [-0.2, 0) is 27.8 Å². The smallest absolute Gasteiger partial charge is 0.123 e. The van der Waals surface area contributed by atoms with E-state index in [1.807, 2.05) is 0 Å². The molecule has 1 aromatic rings.